The van der Waals surface area contributed by atoms with Crippen LogP contribution in [0.3, 0.4) is 0 Å². The van der Waals surface area contributed by atoms with E-state index in [1.54, 1.807) is 41.3 Å². The first-order valence-corrected chi connectivity index (χ1v) is 8.57. The Morgan fingerprint density at radius 3 is 2.28 bits per heavy atom. The van der Waals surface area contributed by atoms with Crippen LogP contribution in [0.2, 0.25) is 0 Å². The summed E-state index contributed by atoms with van der Waals surface area (Å²) in [5.74, 6) is -0.280. The number of likely N-dealkylation sites (tertiary alicyclic amines) is 1. The maximum absolute atomic E-state index is 12.9. The molecule has 5 heteroatoms. The number of rotatable bonds is 4. The lowest BCUT2D eigenvalue weighted by Gasteiger charge is -2.38. The predicted octanol–water partition coefficient (Wildman–Crippen LogP) is 3.01. The topological polar surface area (TPSA) is 66.6 Å². The molecule has 4 nitrogen and oxygen atoms in total. The molecule has 3 rings (SSSR count). The number of amides is 1. The molecular weight excluding hydrogens is 319 g/mol. The van der Waals surface area contributed by atoms with Gasteiger partial charge in [-0.1, -0.05) is 12.1 Å². The van der Waals surface area contributed by atoms with Crippen LogP contribution in [0.5, 0.6) is 0 Å². The van der Waals surface area contributed by atoms with Crippen LogP contribution in [-0.2, 0) is 6.42 Å². The first kappa shape index (κ1) is 17.4. The normalized spacial score (nSPS) is 16.6. The summed E-state index contributed by atoms with van der Waals surface area (Å²) >= 11 is 0. The van der Waals surface area contributed by atoms with Gasteiger partial charge in [0, 0.05) is 24.3 Å². The standard InChI is InChI=1S/C20H23FN2O2/c21-17-5-1-15(2-6-17)9-10-20(25)11-13-23(14-12-20)19(24)16-3-7-18(22)8-4-16/h1-8,25H,9-14,22H2. The number of aliphatic hydroxyl groups is 1. The van der Waals surface area contributed by atoms with Crippen molar-refractivity contribution in [2.75, 3.05) is 18.8 Å². The average molecular weight is 342 g/mol. The molecule has 1 heterocycles. The summed E-state index contributed by atoms with van der Waals surface area (Å²) in [6.07, 6.45) is 2.41. The molecule has 3 N–H and O–H groups in total. The third-order valence-electron chi connectivity index (χ3n) is 4.93. The van der Waals surface area contributed by atoms with Crippen molar-refractivity contribution in [1.82, 2.24) is 4.90 Å². The van der Waals surface area contributed by atoms with Gasteiger partial charge in [-0.05, 0) is 67.6 Å². The van der Waals surface area contributed by atoms with Crippen LogP contribution in [0.25, 0.3) is 0 Å². The van der Waals surface area contributed by atoms with E-state index in [4.69, 9.17) is 5.73 Å². The van der Waals surface area contributed by atoms with Crippen LogP contribution >= 0.6 is 0 Å². The Bertz CT molecular complexity index is 720. The predicted molar refractivity (Wildman–Crippen MR) is 95.7 cm³/mol. The Morgan fingerprint density at radius 1 is 1.08 bits per heavy atom. The number of benzene rings is 2. The van der Waals surface area contributed by atoms with Crippen molar-refractivity contribution < 1.29 is 14.3 Å². The van der Waals surface area contributed by atoms with Gasteiger partial charge in [-0.15, -0.1) is 0 Å². The molecule has 1 aliphatic rings. The van der Waals surface area contributed by atoms with Gasteiger partial charge in [-0.2, -0.15) is 0 Å². The Kier molecular flexibility index (Phi) is 5.04. The van der Waals surface area contributed by atoms with Gasteiger partial charge >= 0.3 is 0 Å². The lowest BCUT2D eigenvalue weighted by molar-refractivity contribution is -0.0226. The van der Waals surface area contributed by atoms with Crippen molar-refractivity contribution >= 4 is 11.6 Å². The second-order valence-electron chi connectivity index (χ2n) is 6.77. The third kappa shape index (κ3) is 4.37. The number of carbonyl (C=O) groups is 1. The number of nitrogens with zero attached hydrogens (tertiary/aromatic N) is 1. The molecule has 2 aromatic carbocycles. The average Bonchev–Trinajstić information content (AvgIpc) is 2.62. The first-order valence-electron chi connectivity index (χ1n) is 8.57. The molecular formula is C20H23FN2O2. The van der Waals surface area contributed by atoms with Gasteiger partial charge in [-0.3, -0.25) is 4.79 Å². The van der Waals surface area contributed by atoms with Gasteiger partial charge in [-0.25, -0.2) is 4.39 Å². The molecule has 1 amide bonds. The van der Waals surface area contributed by atoms with Gasteiger partial charge in [0.15, 0.2) is 0 Å². The van der Waals surface area contributed by atoms with Gasteiger partial charge < -0.3 is 15.7 Å². The van der Waals surface area contributed by atoms with Crippen LogP contribution in [-0.4, -0.2) is 34.6 Å². The van der Waals surface area contributed by atoms with Crippen molar-refractivity contribution in [3.63, 3.8) is 0 Å². The molecule has 1 saturated heterocycles. The number of hydrogen-bond acceptors (Lipinski definition) is 3. The fourth-order valence-electron chi connectivity index (χ4n) is 3.21. The highest BCUT2D eigenvalue weighted by atomic mass is 19.1. The van der Waals surface area contributed by atoms with Crippen LogP contribution in [0.4, 0.5) is 10.1 Å². The number of carbonyl (C=O) groups excluding carboxylic acids is 1. The second kappa shape index (κ2) is 7.23. The highest BCUT2D eigenvalue weighted by Gasteiger charge is 2.33. The van der Waals surface area contributed by atoms with Gasteiger partial charge in [0.2, 0.25) is 0 Å². The lowest BCUT2D eigenvalue weighted by Crippen LogP contribution is -2.46. The number of nitrogens with two attached hydrogens (primary N) is 1. The number of piperidine rings is 1. The Balaban J connectivity index is 1.54. The maximum Gasteiger partial charge on any atom is 0.253 e. The van der Waals surface area contributed by atoms with Crippen molar-refractivity contribution in [2.45, 2.75) is 31.3 Å². The first-order chi connectivity index (χ1) is 12.0. The minimum absolute atomic E-state index is 0.0272. The third-order valence-corrected chi connectivity index (χ3v) is 4.93. The number of hydrogen-bond donors (Lipinski definition) is 2. The van der Waals surface area contributed by atoms with Crippen LogP contribution in [0, 0.1) is 5.82 Å². The summed E-state index contributed by atoms with van der Waals surface area (Å²) in [5.41, 5.74) is 7.14. The van der Waals surface area contributed by atoms with E-state index >= 15 is 0 Å². The van der Waals surface area contributed by atoms with E-state index in [0.717, 1.165) is 5.56 Å². The van der Waals surface area contributed by atoms with Crippen molar-refractivity contribution in [2.24, 2.45) is 0 Å². The van der Waals surface area contributed by atoms with E-state index < -0.39 is 5.60 Å². The SMILES string of the molecule is Nc1ccc(C(=O)N2CCC(O)(CCc3ccc(F)cc3)CC2)cc1. The fourth-order valence-corrected chi connectivity index (χ4v) is 3.21. The van der Waals surface area contributed by atoms with Crippen LogP contribution in [0.15, 0.2) is 48.5 Å². The maximum atomic E-state index is 12.9. The number of aryl methyl sites for hydroxylation is 1. The molecule has 1 aliphatic heterocycles. The minimum Gasteiger partial charge on any atom is -0.399 e. The van der Waals surface area contributed by atoms with E-state index in [-0.39, 0.29) is 11.7 Å². The number of halogens is 1. The zero-order valence-electron chi connectivity index (χ0n) is 14.1. The molecule has 0 unspecified atom stereocenters. The second-order valence-corrected chi connectivity index (χ2v) is 6.77. The molecule has 2 aromatic rings. The van der Waals surface area contributed by atoms with Crippen molar-refractivity contribution in [3.05, 3.63) is 65.5 Å². The van der Waals surface area contributed by atoms with Gasteiger partial charge in [0.1, 0.15) is 5.82 Å². The quantitative estimate of drug-likeness (QED) is 0.840. The number of nitrogen functional groups attached to an aromatic ring is 1. The molecule has 0 aromatic heterocycles. The monoisotopic (exact) mass is 342 g/mol. The summed E-state index contributed by atoms with van der Waals surface area (Å²) in [5, 5.41) is 10.8. The summed E-state index contributed by atoms with van der Waals surface area (Å²) in [7, 11) is 0. The Labute approximate surface area is 147 Å². The van der Waals surface area contributed by atoms with Crippen molar-refractivity contribution in [3.8, 4) is 0 Å². The van der Waals surface area contributed by atoms with Crippen LogP contribution < -0.4 is 5.73 Å². The Hall–Kier alpha value is -2.40. The van der Waals surface area contributed by atoms with Gasteiger partial charge in [0.25, 0.3) is 5.91 Å². The van der Waals surface area contributed by atoms with E-state index in [0.29, 0.717) is 50.0 Å². The molecule has 0 saturated carbocycles. The summed E-state index contributed by atoms with van der Waals surface area (Å²) in [6, 6.07) is 13.3. The molecule has 25 heavy (non-hydrogen) atoms. The summed E-state index contributed by atoms with van der Waals surface area (Å²) in [4.78, 5) is 14.3. The highest BCUT2D eigenvalue weighted by Crippen LogP contribution is 2.28. The molecule has 1 fully saturated rings. The molecule has 0 aliphatic carbocycles. The molecule has 0 bridgehead atoms. The van der Waals surface area contributed by atoms with Gasteiger partial charge in [0.05, 0.1) is 5.60 Å². The highest BCUT2D eigenvalue weighted by molar-refractivity contribution is 5.94. The van der Waals surface area contributed by atoms with E-state index in [9.17, 15) is 14.3 Å². The summed E-state index contributed by atoms with van der Waals surface area (Å²) in [6.45, 7) is 1.06. The molecule has 0 atom stereocenters. The minimum atomic E-state index is -0.772. The zero-order chi connectivity index (χ0) is 17.9. The largest absolute Gasteiger partial charge is 0.399 e. The molecule has 0 radical (unpaired) electrons. The van der Waals surface area contributed by atoms with Crippen molar-refractivity contribution in [1.29, 1.82) is 0 Å². The summed E-state index contributed by atoms with van der Waals surface area (Å²) < 4.78 is 12.9. The van der Waals surface area contributed by atoms with E-state index in [1.807, 2.05) is 0 Å². The molecule has 132 valence electrons. The van der Waals surface area contributed by atoms with E-state index in [1.165, 1.54) is 12.1 Å². The number of anilines is 1. The van der Waals surface area contributed by atoms with E-state index in [2.05, 4.69) is 0 Å². The smallest absolute Gasteiger partial charge is 0.253 e. The fraction of sp³-hybridized carbons (Fsp3) is 0.350. The van der Waals surface area contributed by atoms with Crippen LogP contribution in [0.1, 0.15) is 35.2 Å². The lowest BCUT2D eigenvalue weighted by atomic mass is 9.85. The Morgan fingerprint density at radius 2 is 1.68 bits per heavy atom. The zero-order valence-corrected chi connectivity index (χ0v) is 14.1. The molecule has 0 spiro atoms.